The zero-order valence-corrected chi connectivity index (χ0v) is 8.16. The Morgan fingerprint density at radius 1 is 1.25 bits per heavy atom. The second-order valence-electron chi connectivity index (χ2n) is 3.45. The van der Waals surface area contributed by atoms with Crippen molar-refractivity contribution in [3.8, 4) is 11.5 Å². The topological polar surface area (TPSA) is 83.4 Å². The van der Waals surface area contributed by atoms with Gasteiger partial charge in [0.1, 0.15) is 17.3 Å². The van der Waals surface area contributed by atoms with E-state index in [1.807, 2.05) is 0 Å². The van der Waals surface area contributed by atoms with Crippen LogP contribution in [0.2, 0.25) is 0 Å². The first-order valence-electron chi connectivity index (χ1n) is 4.69. The SMILES string of the molecule is Nc1cc(-c2nc3ccc(F)cc3[nH]2)[nH]n1. The molecule has 0 amide bonds. The van der Waals surface area contributed by atoms with Gasteiger partial charge in [0.25, 0.3) is 0 Å². The van der Waals surface area contributed by atoms with Crippen molar-refractivity contribution in [3.05, 3.63) is 30.1 Å². The summed E-state index contributed by atoms with van der Waals surface area (Å²) in [6, 6.07) is 6.04. The Morgan fingerprint density at radius 3 is 2.88 bits per heavy atom. The van der Waals surface area contributed by atoms with E-state index < -0.39 is 0 Å². The van der Waals surface area contributed by atoms with Crippen molar-refractivity contribution in [2.24, 2.45) is 0 Å². The highest BCUT2D eigenvalue weighted by Crippen LogP contribution is 2.20. The molecule has 0 unspecified atom stereocenters. The van der Waals surface area contributed by atoms with Gasteiger partial charge >= 0.3 is 0 Å². The van der Waals surface area contributed by atoms with Crippen LogP contribution in [0.4, 0.5) is 10.2 Å². The summed E-state index contributed by atoms with van der Waals surface area (Å²) in [6.07, 6.45) is 0. The summed E-state index contributed by atoms with van der Waals surface area (Å²) in [7, 11) is 0. The fourth-order valence-corrected chi connectivity index (χ4v) is 1.57. The van der Waals surface area contributed by atoms with Crippen molar-refractivity contribution in [2.75, 3.05) is 5.73 Å². The molecule has 3 rings (SSSR count). The number of aromatic amines is 2. The predicted molar refractivity (Wildman–Crippen MR) is 58.0 cm³/mol. The standard InChI is InChI=1S/C10H8FN5/c11-5-1-2-6-7(3-5)14-10(13-6)8-4-9(12)16-15-8/h1-4H,(H,13,14)(H3,12,15,16). The molecule has 16 heavy (non-hydrogen) atoms. The van der Waals surface area contributed by atoms with Crippen molar-refractivity contribution in [1.82, 2.24) is 20.2 Å². The molecule has 3 aromatic rings. The van der Waals surface area contributed by atoms with E-state index in [-0.39, 0.29) is 5.82 Å². The number of halogens is 1. The van der Waals surface area contributed by atoms with E-state index in [0.29, 0.717) is 28.4 Å². The summed E-state index contributed by atoms with van der Waals surface area (Å²) in [6.45, 7) is 0. The highest BCUT2D eigenvalue weighted by atomic mass is 19.1. The van der Waals surface area contributed by atoms with Crippen molar-refractivity contribution in [2.45, 2.75) is 0 Å². The van der Waals surface area contributed by atoms with Crippen molar-refractivity contribution >= 4 is 16.9 Å². The van der Waals surface area contributed by atoms with Crippen molar-refractivity contribution in [1.29, 1.82) is 0 Å². The molecular formula is C10H8FN5. The maximum atomic E-state index is 13.0. The molecule has 0 aliphatic carbocycles. The van der Waals surface area contributed by atoms with Crippen molar-refractivity contribution in [3.63, 3.8) is 0 Å². The first-order valence-corrected chi connectivity index (χ1v) is 4.69. The Labute approximate surface area is 89.5 Å². The summed E-state index contributed by atoms with van der Waals surface area (Å²) < 4.78 is 13.0. The van der Waals surface area contributed by atoms with Gasteiger partial charge in [0, 0.05) is 6.07 Å². The largest absolute Gasteiger partial charge is 0.382 e. The lowest BCUT2D eigenvalue weighted by molar-refractivity contribution is 0.629. The zero-order chi connectivity index (χ0) is 11.1. The highest BCUT2D eigenvalue weighted by molar-refractivity contribution is 5.78. The number of rotatable bonds is 1. The molecule has 0 saturated heterocycles. The van der Waals surface area contributed by atoms with E-state index in [0.717, 1.165) is 0 Å². The van der Waals surface area contributed by atoms with Gasteiger partial charge in [0.15, 0.2) is 5.82 Å². The van der Waals surface area contributed by atoms with E-state index in [1.54, 1.807) is 12.1 Å². The fourth-order valence-electron chi connectivity index (χ4n) is 1.57. The zero-order valence-electron chi connectivity index (χ0n) is 8.16. The maximum Gasteiger partial charge on any atom is 0.156 e. The van der Waals surface area contributed by atoms with Gasteiger partial charge in [0.2, 0.25) is 0 Å². The lowest BCUT2D eigenvalue weighted by atomic mass is 10.3. The van der Waals surface area contributed by atoms with Crippen LogP contribution < -0.4 is 5.73 Å². The van der Waals surface area contributed by atoms with E-state index in [4.69, 9.17) is 5.73 Å². The molecule has 0 aliphatic rings. The summed E-state index contributed by atoms with van der Waals surface area (Å²) in [5.41, 5.74) is 7.51. The number of nitrogen functional groups attached to an aromatic ring is 1. The molecule has 0 fully saturated rings. The summed E-state index contributed by atoms with van der Waals surface area (Å²) in [5, 5.41) is 6.53. The Bertz CT molecular complexity index is 654. The van der Waals surface area contributed by atoms with Gasteiger partial charge in [-0.1, -0.05) is 0 Å². The van der Waals surface area contributed by atoms with Crippen LogP contribution in [-0.2, 0) is 0 Å². The minimum Gasteiger partial charge on any atom is -0.382 e. The van der Waals surface area contributed by atoms with E-state index in [9.17, 15) is 4.39 Å². The summed E-state index contributed by atoms with van der Waals surface area (Å²) in [5.74, 6) is 0.679. The van der Waals surface area contributed by atoms with E-state index in [1.165, 1.54) is 12.1 Å². The summed E-state index contributed by atoms with van der Waals surface area (Å²) in [4.78, 5) is 7.28. The Hall–Kier alpha value is -2.37. The molecule has 4 N–H and O–H groups in total. The number of hydrogen-bond donors (Lipinski definition) is 3. The number of anilines is 1. The van der Waals surface area contributed by atoms with Gasteiger partial charge in [-0.2, -0.15) is 5.10 Å². The molecule has 0 spiro atoms. The Morgan fingerprint density at radius 2 is 2.12 bits per heavy atom. The average Bonchev–Trinajstić information content (AvgIpc) is 2.83. The lowest BCUT2D eigenvalue weighted by Gasteiger charge is -1.87. The molecule has 0 saturated carbocycles. The monoisotopic (exact) mass is 217 g/mol. The van der Waals surface area contributed by atoms with Gasteiger partial charge < -0.3 is 10.7 Å². The molecule has 6 heteroatoms. The molecule has 5 nitrogen and oxygen atoms in total. The first-order chi connectivity index (χ1) is 7.72. The van der Waals surface area contributed by atoms with Gasteiger partial charge in [-0.15, -0.1) is 0 Å². The smallest absolute Gasteiger partial charge is 0.156 e. The molecular weight excluding hydrogens is 209 g/mol. The first kappa shape index (κ1) is 8.90. The third-order valence-electron chi connectivity index (χ3n) is 2.30. The number of imidazole rings is 1. The van der Waals surface area contributed by atoms with E-state index >= 15 is 0 Å². The number of hydrogen-bond acceptors (Lipinski definition) is 3. The van der Waals surface area contributed by atoms with Crippen LogP contribution in [0.5, 0.6) is 0 Å². The number of H-pyrrole nitrogens is 2. The van der Waals surface area contributed by atoms with Crippen LogP contribution >= 0.6 is 0 Å². The molecule has 0 aliphatic heterocycles. The fraction of sp³-hybridized carbons (Fsp3) is 0. The van der Waals surface area contributed by atoms with Crippen LogP contribution in [-0.4, -0.2) is 20.2 Å². The molecule has 1 aromatic carbocycles. The normalized spacial score (nSPS) is 11.1. The van der Waals surface area contributed by atoms with Crippen LogP contribution in [0.3, 0.4) is 0 Å². The predicted octanol–water partition coefficient (Wildman–Crippen LogP) is 1.67. The third-order valence-corrected chi connectivity index (χ3v) is 2.30. The second kappa shape index (κ2) is 3.06. The Kier molecular flexibility index (Phi) is 1.70. The average molecular weight is 217 g/mol. The molecule has 80 valence electrons. The molecule has 2 aromatic heterocycles. The van der Waals surface area contributed by atoms with Crippen LogP contribution in [0.1, 0.15) is 0 Å². The van der Waals surface area contributed by atoms with Crippen LogP contribution in [0, 0.1) is 5.82 Å². The van der Waals surface area contributed by atoms with Gasteiger partial charge in [-0.3, -0.25) is 5.10 Å². The number of nitrogens with zero attached hydrogens (tertiary/aromatic N) is 2. The van der Waals surface area contributed by atoms with E-state index in [2.05, 4.69) is 20.2 Å². The molecule has 0 radical (unpaired) electrons. The highest BCUT2D eigenvalue weighted by Gasteiger charge is 2.07. The molecule has 0 atom stereocenters. The van der Waals surface area contributed by atoms with Gasteiger partial charge in [-0.25, -0.2) is 9.37 Å². The van der Waals surface area contributed by atoms with Crippen LogP contribution in [0.25, 0.3) is 22.6 Å². The molecule has 2 heterocycles. The third kappa shape index (κ3) is 1.31. The number of nitrogens with two attached hydrogens (primary N) is 1. The molecule has 0 bridgehead atoms. The second-order valence-corrected chi connectivity index (χ2v) is 3.45. The number of nitrogens with one attached hydrogen (secondary N) is 2. The number of aromatic nitrogens is 4. The summed E-state index contributed by atoms with van der Waals surface area (Å²) >= 11 is 0. The van der Waals surface area contributed by atoms with Crippen LogP contribution in [0.15, 0.2) is 24.3 Å². The quantitative estimate of drug-likeness (QED) is 0.579. The number of fused-ring (bicyclic) bond motifs is 1. The van der Waals surface area contributed by atoms with Gasteiger partial charge in [-0.05, 0) is 18.2 Å². The minimum absolute atomic E-state index is 0.299. The van der Waals surface area contributed by atoms with Gasteiger partial charge in [0.05, 0.1) is 11.0 Å². The lowest BCUT2D eigenvalue weighted by Crippen LogP contribution is -1.81. The Balaban J connectivity index is 2.18. The maximum absolute atomic E-state index is 13.0. The van der Waals surface area contributed by atoms with Crippen molar-refractivity contribution < 1.29 is 4.39 Å². The number of benzene rings is 1. The minimum atomic E-state index is -0.299.